The summed E-state index contributed by atoms with van der Waals surface area (Å²) in [7, 11) is 0. The summed E-state index contributed by atoms with van der Waals surface area (Å²) in [5.74, 6) is -0.535. The van der Waals surface area contributed by atoms with Gasteiger partial charge in [0.1, 0.15) is 23.1 Å². The lowest BCUT2D eigenvalue weighted by molar-refractivity contribution is -0.139. The van der Waals surface area contributed by atoms with E-state index in [0.29, 0.717) is 18.0 Å². The Hall–Kier alpha value is -3.76. The van der Waals surface area contributed by atoms with E-state index in [4.69, 9.17) is 14.8 Å². The minimum absolute atomic E-state index is 0.0835. The highest BCUT2D eigenvalue weighted by molar-refractivity contribution is 5.94. The van der Waals surface area contributed by atoms with Crippen LogP contribution in [0.4, 0.5) is 4.39 Å². The van der Waals surface area contributed by atoms with Crippen molar-refractivity contribution in [3.05, 3.63) is 71.3 Å². The van der Waals surface area contributed by atoms with Crippen LogP contribution in [0.15, 0.2) is 48.5 Å². The molecular weight excluding hydrogens is 505 g/mol. The number of hydrogen-bond acceptors (Lipinski definition) is 6. The van der Waals surface area contributed by atoms with Gasteiger partial charge >= 0.3 is 5.97 Å². The SMILES string of the molecule is CCOc1cccc(CNC(=O)c2nc(-c3ccc(F)cc3)n(CC[C@@H](O)C[C@@H](O)CC(=O)O)c2C2CC2)c1. The fraction of sp³-hybridized carbons (Fsp3) is 0.414. The normalized spacial score (nSPS) is 14.6. The Balaban J connectivity index is 1.58. The molecule has 1 heterocycles. The van der Waals surface area contributed by atoms with Gasteiger partial charge < -0.3 is 29.9 Å². The number of imidazole rings is 1. The van der Waals surface area contributed by atoms with E-state index in [1.54, 1.807) is 12.1 Å². The lowest BCUT2D eigenvalue weighted by Crippen LogP contribution is -2.25. The number of rotatable bonds is 14. The summed E-state index contributed by atoms with van der Waals surface area (Å²) in [6.07, 6.45) is -0.650. The van der Waals surface area contributed by atoms with Crippen molar-refractivity contribution in [2.45, 2.75) is 70.2 Å². The number of aromatic nitrogens is 2. The Kier molecular flexibility index (Phi) is 9.32. The number of ether oxygens (including phenoxy) is 1. The molecule has 0 unspecified atom stereocenters. The average Bonchev–Trinajstić information content (AvgIpc) is 3.66. The van der Waals surface area contributed by atoms with Gasteiger partial charge in [-0.05, 0) is 74.6 Å². The average molecular weight is 540 g/mol. The predicted molar refractivity (Wildman–Crippen MR) is 142 cm³/mol. The molecule has 10 heteroatoms. The molecule has 1 saturated carbocycles. The zero-order valence-corrected chi connectivity index (χ0v) is 21.8. The molecule has 1 aromatic heterocycles. The van der Waals surface area contributed by atoms with E-state index >= 15 is 0 Å². The lowest BCUT2D eigenvalue weighted by Gasteiger charge is -2.17. The maximum Gasteiger partial charge on any atom is 0.305 e. The summed E-state index contributed by atoms with van der Waals surface area (Å²) in [6.45, 7) is 3.01. The summed E-state index contributed by atoms with van der Waals surface area (Å²) in [6, 6.07) is 13.3. The third kappa shape index (κ3) is 7.64. The van der Waals surface area contributed by atoms with Gasteiger partial charge in [-0.25, -0.2) is 9.37 Å². The Labute approximate surface area is 226 Å². The van der Waals surface area contributed by atoms with Crippen molar-refractivity contribution in [1.29, 1.82) is 0 Å². The largest absolute Gasteiger partial charge is 0.494 e. The van der Waals surface area contributed by atoms with Gasteiger partial charge in [0, 0.05) is 24.6 Å². The first kappa shape index (κ1) is 28.3. The van der Waals surface area contributed by atoms with E-state index in [1.807, 2.05) is 35.8 Å². The highest BCUT2D eigenvalue weighted by Crippen LogP contribution is 2.43. The summed E-state index contributed by atoms with van der Waals surface area (Å²) >= 11 is 0. The highest BCUT2D eigenvalue weighted by atomic mass is 19.1. The molecule has 1 aliphatic rings. The Bertz CT molecular complexity index is 1290. The second-order valence-electron chi connectivity index (χ2n) is 9.80. The van der Waals surface area contributed by atoms with Gasteiger partial charge in [-0.3, -0.25) is 9.59 Å². The van der Waals surface area contributed by atoms with Crippen molar-refractivity contribution in [2.24, 2.45) is 0 Å². The Morgan fingerprint density at radius 1 is 1.15 bits per heavy atom. The van der Waals surface area contributed by atoms with E-state index < -0.39 is 30.4 Å². The van der Waals surface area contributed by atoms with Crippen molar-refractivity contribution in [3.8, 4) is 17.1 Å². The van der Waals surface area contributed by atoms with Crippen LogP contribution in [-0.2, 0) is 17.9 Å². The Morgan fingerprint density at radius 3 is 2.56 bits per heavy atom. The van der Waals surface area contributed by atoms with Crippen LogP contribution in [0.5, 0.6) is 5.75 Å². The van der Waals surface area contributed by atoms with Gasteiger partial charge in [0.25, 0.3) is 5.91 Å². The summed E-state index contributed by atoms with van der Waals surface area (Å²) in [5, 5.41) is 32.2. The second kappa shape index (κ2) is 12.9. The number of amides is 1. The van der Waals surface area contributed by atoms with Gasteiger partial charge in [-0.15, -0.1) is 0 Å². The summed E-state index contributed by atoms with van der Waals surface area (Å²) in [4.78, 5) is 29.0. The molecule has 0 aliphatic heterocycles. The molecule has 1 fully saturated rings. The quantitative estimate of drug-likeness (QED) is 0.244. The highest BCUT2D eigenvalue weighted by Gasteiger charge is 2.35. The Morgan fingerprint density at radius 2 is 1.90 bits per heavy atom. The van der Waals surface area contributed by atoms with Crippen LogP contribution in [0, 0.1) is 5.82 Å². The first-order valence-corrected chi connectivity index (χ1v) is 13.2. The number of nitrogens with zero attached hydrogens (tertiary/aromatic N) is 2. The zero-order chi connectivity index (χ0) is 27.9. The molecule has 3 aromatic rings. The molecule has 0 bridgehead atoms. The summed E-state index contributed by atoms with van der Waals surface area (Å²) < 4.78 is 21.1. The molecule has 39 heavy (non-hydrogen) atoms. The van der Waals surface area contributed by atoms with Crippen LogP contribution < -0.4 is 10.1 Å². The molecular formula is C29H34FN3O6. The van der Waals surface area contributed by atoms with E-state index in [0.717, 1.165) is 29.8 Å². The molecule has 0 saturated heterocycles. The number of aliphatic carboxylic acids is 1. The number of carbonyl (C=O) groups excluding carboxylic acids is 1. The first-order valence-electron chi connectivity index (χ1n) is 13.2. The van der Waals surface area contributed by atoms with E-state index in [9.17, 15) is 24.2 Å². The molecule has 4 rings (SSSR count). The standard InChI is InChI=1S/C29H34FN3O6/c1-2-39-24-5-3-4-18(14-24)17-31-29(38)26-27(19-6-7-19)33(13-12-22(34)15-23(35)16-25(36)37)28(32-26)20-8-10-21(30)11-9-20/h3-5,8-11,14,19,22-23,34-35H,2,6-7,12-13,15-17H2,1H3,(H,31,38)(H,36,37)/t22-,23-/m1/s1. The number of aliphatic hydroxyl groups excluding tert-OH is 2. The minimum Gasteiger partial charge on any atom is -0.494 e. The smallest absolute Gasteiger partial charge is 0.305 e. The van der Waals surface area contributed by atoms with Crippen LogP contribution in [0.2, 0.25) is 0 Å². The van der Waals surface area contributed by atoms with E-state index in [2.05, 4.69) is 5.32 Å². The maximum atomic E-state index is 13.7. The van der Waals surface area contributed by atoms with Crippen LogP contribution in [-0.4, -0.2) is 55.6 Å². The first-order chi connectivity index (χ1) is 18.7. The van der Waals surface area contributed by atoms with Gasteiger partial charge in [0.2, 0.25) is 0 Å². The molecule has 2 atom stereocenters. The molecule has 0 radical (unpaired) electrons. The fourth-order valence-electron chi connectivity index (χ4n) is 4.62. The van der Waals surface area contributed by atoms with Crippen molar-refractivity contribution in [3.63, 3.8) is 0 Å². The second-order valence-corrected chi connectivity index (χ2v) is 9.80. The molecule has 4 N–H and O–H groups in total. The third-order valence-electron chi connectivity index (χ3n) is 6.59. The van der Waals surface area contributed by atoms with Crippen LogP contribution in [0.3, 0.4) is 0 Å². The molecule has 2 aromatic carbocycles. The topological polar surface area (TPSA) is 134 Å². The number of carboxylic acid groups (broad SMARTS) is 1. The van der Waals surface area contributed by atoms with E-state index in [1.165, 1.54) is 12.1 Å². The third-order valence-corrected chi connectivity index (χ3v) is 6.59. The van der Waals surface area contributed by atoms with Crippen molar-refractivity contribution in [2.75, 3.05) is 6.61 Å². The number of benzene rings is 2. The number of carbonyl (C=O) groups is 2. The molecule has 1 amide bonds. The van der Waals surface area contributed by atoms with Gasteiger partial charge in [-0.1, -0.05) is 12.1 Å². The summed E-state index contributed by atoms with van der Waals surface area (Å²) in [5.41, 5.74) is 2.55. The number of halogens is 1. The zero-order valence-electron chi connectivity index (χ0n) is 21.8. The van der Waals surface area contributed by atoms with E-state index in [-0.39, 0.29) is 43.5 Å². The van der Waals surface area contributed by atoms with Crippen LogP contribution in [0.1, 0.15) is 66.7 Å². The number of aliphatic hydroxyl groups is 2. The molecule has 0 spiro atoms. The van der Waals surface area contributed by atoms with Crippen molar-refractivity contribution in [1.82, 2.24) is 14.9 Å². The van der Waals surface area contributed by atoms with Crippen LogP contribution in [0.25, 0.3) is 11.4 Å². The van der Waals surface area contributed by atoms with Crippen molar-refractivity contribution >= 4 is 11.9 Å². The minimum atomic E-state index is -1.16. The van der Waals surface area contributed by atoms with Crippen LogP contribution >= 0.6 is 0 Å². The van der Waals surface area contributed by atoms with Crippen molar-refractivity contribution < 1.29 is 34.0 Å². The molecule has 9 nitrogen and oxygen atoms in total. The monoisotopic (exact) mass is 539 g/mol. The van der Waals surface area contributed by atoms with Gasteiger partial charge in [-0.2, -0.15) is 0 Å². The molecule has 1 aliphatic carbocycles. The molecule has 208 valence electrons. The van der Waals surface area contributed by atoms with Gasteiger partial charge in [0.15, 0.2) is 0 Å². The maximum absolute atomic E-state index is 13.7. The predicted octanol–water partition coefficient (Wildman–Crippen LogP) is 3.87. The lowest BCUT2D eigenvalue weighted by atomic mass is 10.1. The number of hydrogen-bond donors (Lipinski definition) is 4. The number of carboxylic acids is 1. The van der Waals surface area contributed by atoms with Gasteiger partial charge in [0.05, 0.1) is 30.9 Å². The number of nitrogens with one attached hydrogen (secondary N) is 1. The fourth-order valence-corrected chi connectivity index (χ4v) is 4.62.